The number of aromatic nitrogens is 6. The van der Waals surface area contributed by atoms with Crippen LogP contribution in [0.4, 0.5) is 44.0 Å². The van der Waals surface area contributed by atoms with Crippen LogP contribution in [0.3, 0.4) is 0 Å². The first-order chi connectivity index (χ1) is 14.0. The molecule has 0 radical (unpaired) electrons. The molecule has 30 heavy (non-hydrogen) atoms. The lowest BCUT2D eigenvalue weighted by atomic mass is 10.5. The second-order valence-electron chi connectivity index (χ2n) is 3.92. The van der Waals surface area contributed by atoms with Gasteiger partial charge in [-0.15, -0.1) is 10.1 Å². The Morgan fingerprint density at radius 2 is 1.47 bits per heavy atom. The average molecular weight is 456 g/mol. The molecule has 18 heteroatoms. The summed E-state index contributed by atoms with van der Waals surface area (Å²) in [5, 5.41) is 9.88. The number of halogens is 10. The molecule has 8 nitrogen and oxygen atoms in total. The molecule has 0 unspecified atom stereocenters. The van der Waals surface area contributed by atoms with Crippen molar-refractivity contribution >= 4 is 11.9 Å². The smallest absolute Gasteiger partial charge is 0.381 e. The summed E-state index contributed by atoms with van der Waals surface area (Å²) in [4.78, 5) is 9.23. The molecule has 0 saturated carbocycles. The number of hydrogen-bond acceptors (Lipinski definition) is 6. The molecular formula is C12H6F10N6O2. The fourth-order valence-corrected chi connectivity index (χ4v) is 1.04. The molecule has 0 aromatic carbocycles. The predicted octanol–water partition coefficient (Wildman–Crippen LogP) is 5.16. The third kappa shape index (κ3) is 11.8. The van der Waals surface area contributed by atoms with E-state index in [1.165, 1.54) is 0 Å². The van der Waals surface area contributed by atoms with Crippen LogP contribution in [0.25, 0.3) is 11.9 Å². The lowest BCUT2D eigenvalue weighted by molar-refractivity contribution is -0.0175. The summed E-state index contributed by atoms with van der Waals surface area (Å²) in [5.41, 5.74) is 0. The predicted molar refractivity (Wildman–Crippen MR) is 77.2 cm³/mol. The molecule has 0 aliphatic carbocycles. The molecule has 2 rings (SSSR count). The van der Waals surface area contributed by atoms with Crippen molar-refractivity contribution in [1.29, 1.82) is 0 Å². The molecule has 166 valence electrons. The van der Waals surface area contributed by atoms with Crippen molar-refractivity contribution in [2.75, 3.05) is 0 Å². The SMILES string of the molecule is C=C(F)F.FC(F)=Cc1nc(C(F)=C(F)F)n[nH]1.FOc1n[nH]c(OC=C(F)F)n1. The van der Waals surface area contributed by atoms with E-state index in [0.717, 1.165) is 0 Å². The van der Waals surface area contributed by atoms with Gasteiger partial charge in [-0.2, -0.15) is 44.6 Å². The maximum atomic E-state index is 12.4. The number of rotatable bonds is 5. The monoisotopic (exact) mass is 456 g/mol. The number of aromatic amines is 2. The standard InChI is InChI=1S/C6H2F5N3.C4H2F3N3O2.C2H2F2/c7-2(8)1-3-12-6(14-13-3)4(9)5(10)11;5-2(6)1-11-3-8-4(12-7)10-9-3;1-2(3)4/h1H,(H,12,13,14);1H,(H,8,9,10);1H2. The molecule has 2 aromatic rings. The summed E-state index contributed by atoms with van der Waals surface area (Å²) >= 11 is 0. The molecule has 0 fully saturated rings. The Kier molecular flexibility index (Phi) is 11.6. The number of nitrogens with zero attached hydrogens (tertiary/aromatic N) is 4. The molecule has 2 heterocycles. The van der Waals surface area contributed by atoms with Gasteiger partial charge >= 0.3 is 24.2 Å². The Balaban J connectivity index is 0.000000481. The Morgan fingerprint density at radius 1 is 0.867 bits per heavy atom. The topological polar surface area (TPSA) is 102 Å². The van der Waals surface area contributed by atoms with E-state index in [2.05, 4.69) is 36.4 Å². The fraction of sp³-hybridized carbons (Fsp3) is 0. The zero-order valence-corrected chi connectivity index (χ0v) is 13.7. The van der Waals surface area contributed by atoms with Crippen LogP contribution in [0.1, 0.15) is 11.6 Å². The molecule has 0 amide bonds. The summed E-state index contributed by atoms with van der Waals surface area (Å²) in [6.45, 7) is 2.22. The van der Waals surface area contributed by atoms with Crippen molar-refractivity contribution < 1.29 is 53.7 Å². The van der Waals surface area contributed by atoms with Crippen molar-refractivity contribution in [2.24, 2.45) is 0 Å². The molecule has 0 atom stereocenters. The van der Waals surface area contributed by atoms with Crippen molar-refractivity contribution in [3.63, 3.8) is 0 Å². The van der Waals surface area contributed by atoms with Gasteiger partial charge in [0.1, 0.15) is 0 Å². The van der Waals surface area contributed by atoms with E-state index >= 15 is 0 Å². The van der Waals surface area contributed by atoms with Crippen LogP contribution in [0.2, 0.25) is 0 Å². The average Bonchev–Trinajstić information content (AvgIpc) is 3.28. The number of hydrogen-bond donors (Lipinski definition) is 2. The maximum absolute atomic E-state index is 12.4. The second kappa shape index (κ2) is 13.3. The maximum Gasteiger partial charge on any atom is 0.381 e. The minimum absolute atomic E-state index is 0.128. The Bertz CT molecular complexity index is 893. The number of H-pyrrole nitrogens is 2. The van der Waals surface area contributed by atoms with Crippen LogP contribution < -0.4 is 9.68 Å². The van der Waals surface area contributed by atoms with Gasteiger partial charge in [0.2, 0.25) is 11.7 Å². The quantitative estimate of drug-likeness (QED) is 0.476. The molecule has 2 N–H and O–H groups in total. The van der Waals surface area contributed by atoms with Gasteiger partial charge in [0.05, 0.1) is 0 Å². The summed E-state index contributed by atoms with van der Waals surface area (Å²) in [6.07, 6.45) is -8.23. The molecule has 2 aromatic heterocycles. The molecule has 0 aliphatic rings. The van der Waals surface area contributed by atoms with Gasteiger partial charge < -0.3 is 4.74 Å². The summed E-state index contributed by atoms with van der Waals surface area (Å²) in [7, 11) is 0. The van der Waals surface area contributed by atoms with Crippen molar-refractivity contribution in [3.05, 3.63) is 48.8 Å². The molecular weight excluding hydrogens is 450 g/mol. The largest absolute Gasteiger partial charge is 0.427 e. The third-order valence-electron chi connectivity index (χ3n) is 1.88. The van der Waals surface area contributed by atoms with Gasteiger partial charge in [-0.05, 0) is 6.58 Å². The van der Waals surface area contributed by atoms with Gasteiger partial charge in [0.25, 0.3) is 12.2 Å². The summed E-state index contributed by atoms with van der Waals surface area (Å²) < 4.78 is 117. The van der Waals surface area contributed by atoms with Crippen LogP contribution in [0.15, 0.2) is 37.2 Å². The minimum atomic E-state index is -2.61. The minimum Gasteiger partial charge on any atom is -0.427 e. The fourth-order valence-electron chi connectivity index (χ4n) is 1.04. The first kappa shape index (κ1) is 26.1. The van der Waals surface area contributed by atoms with Gasteiger partial charge in [-0.3, -0.25) is 5.10 Å². The highest BCUT2D eigenvalue weighted by Crippen LogP contribution is 2.18. The lowest BCUT2D eigenvalue weighted by Crippen LogP contribution is -1.84. The Labute approximate surface area is 158 Å². The first-order valence-electron chi connectivity index (χ1n) is 6.51. The zero-order chi connectivity index (χ0) is 23.3. The zero-order valence-electron chi connectivity index (χ0n) is 13.7. The van der Waals surface area contributed by atoms with E-state index < -0.39 is 53.8 Å². The van der Waals surface area contributed by atoms with E-state index in [0.29, 0.717) is 0 Å². The molecule has 0 saturated heterocycles. The molecule has 0 spiro atoms. The van der Waals surface area contributed by atoms with E-state index in [9.17, 15) is 44.0 Å². The van der Waals surface area contributed by atoms with E-state index in [1.807, 2.05) is 10.2 Å². The van der Waals surface area contributed by atoms with E-state index in [-0.39, 0.29) is 12.3 Å². The first-order valence-corrected chi connectivity index (χ1v) is 6.51. The highest BCUT2D eigenvalue weighted by Gasteiger charge is 2.13. The van der Waals surface area contributed by atoms with Crippen LogP contribution >= 0.6 is 0 Å². The van der Waals surface area contributed by atoms with Crippen LogP contribution in [-0.4, -0.2) is 30.4 Å². The van der Waals surface area contributed by atoms with E-state index in [1.54, 1.807) is 0 Å². The highest BCUT2D eigenvalue weighted by molar-refractivity contribution is 5.53. The highest BCUT2D eigenvalue weighted by atomic mass is 19.3. The lowest BCUT2D eigenvalue weighted by Gasteiger charge is -1.88. The Morgan fingerprint density at radius 3 is 1.90 bits per heavy atom. The number of ether oxygens (including phenoxy) is 1. The van der Waals surface area contributed by atoms with Gasteiger partial charge in [-0.1, -0.05) is 0 Å². The van der Waals surface area contributed by atoms with Crippen LogP contribution in [0.5, 0.6) is 12.0 Å². The van der Waals surface area contributed by atoms with E-state index in [4.69, 9.17) is 0 Å². The van der Waals surface area contributed by atoms with Crippen molar-refractivity contribution in [2.45, 2.75) is 0 Å². The van der Waals surface area contributed by atoms with Crippen LogP contribution in [-0.2, 0) is 0 Å². The Hall–Kier alpha value is -3.86. The van der Waals surface area contributed by atoms with Crippen molar-refractivity contribution in [3.8, 4) is 12.0 Å². The second-order valence-corrected chi connectivity index (χ2v) is 3.92. The van der Waals surface area contributed by atoms with Crippen molar-refractivity contribution in [1.82, 2.24) is 30.4 Å². The third-order valence-corrected chi connectivity index (χ3v) is 1.88. The number of nitrogens with one attached hydrogen (secondary N) is 2. The normalized spacial score (nSPS) is 9.13. The van der Waals surface area contributed by atoms with Crippen LogP contribution in [0, 0.1) is 0 Å². The molecule has 0 bridgehead atoms. The van der Waals surface area contributed by atoms with Gasteiger partial charge in [0, 0.05) is 10.6 Å². The molecule has 0 aliphatic heterocycles. The van der Waals surface area contributed by atoms with Gasteiger partial charge in [0.15, 0.2) is 12.1 Å². The summed E-state index contributed by atoms with van der Waals surface area (Å²) in [5.74, 6) is -3.41. The summed E-state index contributed by atoms with van der Waals surface area (Å²) in [6, 6.07) is -1.03. The van der Waals surface area contributed by atoms with Gasteiger partial charge in [-0.25, -0.2) is 15.0 Å².